The summed E-state index contributed by atoms with van der Waals surface area (Å²) in [5.74, 6) is 2.56. The first-order valence-corrected chi connectivity index (χ1v) is 9.22. The summed E-state index contributed by atoms with van der Waals surface area (Å²) in [6.45, 7) is 17.2. The van der Waals surface area contributed by atoms with Crippen LogP contribution in [0.5, 0.6) is 0 Å². The average molecular weight is 391 g/mol. The van der Waals surface area contributed by atoms with Crippen molar-refractivity contribution < 1.29 is 9.90 Å². The fourth-order valence-electron chi connectivity index (χ4n) is 1.52. The van der Waals surface area contributed by atoms with E-state index in [9.17, 15) is 0 Å². The van der Waals surface area contributed by atoms with Crippen molar-refractivity contribution in [3.63, 3.8) is 0 Å². The molecule has 0 saturated carbocycles. The monoisotopic (exact) mass is 390 g/mol. The molecule has 0 unspecified atom stereocenters. The minimum atomic E-state index is 0.189. The van der Waals surface area contributed by atoms with Gasteiger partial charge in [0.15, 0.2) is 0 Å². The van der Waals surface area contributed by atoms with E-state index in [0.29, 0.717) is 6.42 Å². The number of terminal acetylenes is 1. The maximum atomic E-state index is 8.15. The second-order valence-electron chi connectivity index (χ2n) is 6.53. The summed E-state index contributed by atoms with van der Waals surface area (Å²) in [4.78, 5) is 12.1. The molecule has 0 aromatic heterocycles. The third-order valence-electron chi connectivity index (χ3n) is 3.09. The standard InChI is InChI=1S/C14H17NS.C6H11N.CH4O.CH2O/c1-6-12(4)16-14-10-13(15(5)7-2)9-8-11(14)3;1-6(2,3)4-5-7;2*1-2/h1,8-10H,4,7H2,2-3,5H3;4H2,1-3H3;2H,1H3;1H2. The second kappa shape index (κ2) is 17.2. The van der Waals surface area contributed by atoms with E-state index in [2.05, 4.69) is 83.3 Å². The lowest BCUT2D eigenvalue weighted by Crippen LogP contribution is -2.15. The zero-order chi connectivity index (χ0) is 22.0. The highest BCUT2D eigenvalue weighted by Crippen LogP contribution is 2.31. The fraction of sp³-hybridized carbons (Fsp3) is 0.455. The predicted octanol–water partition coefficient (Wildman–Crippen LogP) is 5.06. The lowest BCUT2D eigenvalue weighted by molar-refractivity contribution is -0.0979. The van der Waals surface area contributed by atoms with Crippen LogP contribution in [0, 0.1) is 36.0 Å². The number of thioether (sulfide) groups is 1. The van der Waals surface area contributed by atoms with Crippen molar-refractivity contribution >= 4 is 24.2 Å². The molecule has 0 bridgehead atoms. The first kappa shape index (κ1) is 29.5. The second-order valence-corrected chi connectivity index (χ2v) is 7.67. The maximum Gasteiger partial charge on any atom is 0.106 e. The molecule has 0 spiro atoms. The van der Waals surface area contributed by atoms with Crippen LogP contribution >= 0.6 is 11.8 Å². The Morgan fingerprint density at radius 2 is 1.85 bits per heavy atom. The van der Waals surface area contributed by atoms with E-state index in [1.807, 2.05) is 6.79 Å². The number of carbonyl (C=O) groups is 1. The van der Waals surface area contributed by atoms with Crippen molar-refractivity contribution in [1.29, 1.82) is 5.26 Å². The van der Waals surface area contributed by atoms with Gasteiger partial charge in [0, 0.05) is 37.7 Å². The number of allylic oxidation sites excluding steroid dienone is 1. The molecule has 0 aliphatic rings. The Hall–Kier alpha value is -2.21. The van der Waals surface area contributed by atoms with E-state index < -0.39 is 0 Å². The van der Waals surface area contributed by atoms with Crippen LogP contribution in [-0.4, -0.2) is 32.6 Å². The van der Waals surface area contributed by atoms with Gasteiger partial charge in [-0.05, 0) is 37.0 Å². The highest BCUT2D eigenvalue weighted by molar-refractivity contribution is 8.03. The van der Waals surface area contributed by atoms with Crippen LogP contribution in [0.3, 0.4) is 0 Å². The van der Waals surface area contributed by atoms with Crippen molar-refractivity contribution in [3.05, 3.63) is 35.2 Å². The number of aliphatic hydroxyl groups is 1. The van der Waals surface area contributed by atoms with Crippen LogP contribution in [0.15, 0.2) is 34.6 Å². The predicted molar refractivity (Wildman–Crippen MR) is 119 cm³/mol. The van der Waals surface area contributed by atoms with Gasteiger partial charge in [-0.2, -0.15) is 5.26 Å². The molecular formula is C22H34N2O2S. The molecule has 0 heterocycles. The Morgan fingerprint density at radius 1 is 1.33 bits per heavy atom. The van der Waals surface area contributed by atoms with Crippen molar-refractivity contribution in [1.82, 2.24) is 0 Å². The summed E-state index contributed by atoms with van der Waals surface area (Å²) < 4.78 is 0. The lowest BCUT2D eigenvalue weighted by Gasteiger charge is -2.18. The number of anilines is 1. The molecular weight excluding hydrogens is 356 g/mol. The largest absolute Gasteiger partial charge is 0.400 e. The highest BCUT2D eigenvalue weighted by atomic mass is 32.2. The Kier molecular flexibility index (Phi) is 18.8. The Balaban J connectivity index is -0.000000440. The lowest BCUT2D eigenvalue weighted by atomic mass is 9.93. The summed E-state index contributed by atoms with van der Waals surface area (Å²) in [7, 11) is 3.08. The maximum absolute atomic E-state index is 8.15. The van der Waals surface area contributed by atoms with Gasteiger partial charge >= 0.3 is 0 Å². The molecule has 0 aliphatic heterocycles. The number of nitriles is 1. The molecule has 4 nitrogen and oxygen atoms in total. The molecule has 0 amide bonds. The summed E-state index contributed by atoms with van der Waals surface area (Å²) in [6.07, 6.45) is 5.96. The molecule has 1 aromatic carbocycles. The normalized spacial score (nSPS) is 8.81. The van der Waals surface area contributed by atoms with Crippen LogP contribution in [0.2, 0.25) is 0 Å². The van der Waals surface area contributed by atoms with Crippen LogP contribution in [-0.2, 0) is 4.79 Å². The fourth-order valence-corrected chi connectivity index (χ4v) is 2.25. The van der Waals surface area contributed by atoms with Gasteiger partial charge in [0.05, 0.1) is 11.0 Å². The molecule has 0 radical (unpaired) electrons. The molecule has 0 fully saturated rings. The first-order valence-electron chi connectivity index (χ1n) is 8.40. The van der Waals surface area contributed by atoms with E-state index in [-0.39, 0.29) is 5.41 Å². The van der Waals surface area contributed by atoms with Gasteiger partial charge in [-0.25, -0.2) is 0 Å². The molecule has 0 saturated heterocycles. The van der Waals surface area contributed by atoms with E-state index >= 15 is 0 Å². The number of benzene rings is 1. The number of nitrogens with zero attached hydrogens (tertiary/aromatic N) is 2. The van der Waals surface area contributed by atoms with Gasteiger partial charge in [0.25, 0.3) is 0 Å². The Labute approximate surface area is 170 Å². The zero-order valence-corrected chi connectivity index (χ0v) is 18.6. The number of hydrogen-bond acceptors (Lipinski definition) is 5. The summed E-state index contributed by atoms with van der Waals surface area (Å²) >= 11 is 1.56. The van der Waals surface area contributed by atoms with Crippen LogP contribution in [0.1, 0.15) is 39.7 Å². The minimum Gasteiger partial charge on any atom is -0.400 e. The van der Waals surface area contributed by atoms with Gasteiger partial charge in [-0.3, -0.25) is 0 Å². The number of carbonyl (C=O) groups excluding carboxylic acids is 1. The first-order chi connectivity index (χ1) is 12.6. The molecule has 150 valence electrons. The highest BCUT2D eigenvalue weighted by Gasteiger charge is 2.07. The van der Waals surface area contributed by atoms with Crippen LogP contribution < -0.4 is 4.90 Å². The third-order valence-corrected chi connectivity index (χ3v) is 4.11. The Bertz CT molecular complexity index is 623. The molecule has 1 rings (SSSR count). The molecule has 1 N–H and O–H groups in total. The summed E-state index contributed by atoms with van der Waals surface area (Å²) in [6, 6.07) is 8.51. The number of aryl methyl sites for hydroxylation is 1. The molecule has 0 atom stereocenters. The third kappa shape index (κ3) is 15.7. The Morgan fingerprint density at radius 3 is 2.19 bits per heavy atom. The van der Waals surface area contributed by atoms with Crippen LogP contribution in [0.4, 0.5) is 5.69 Å². The molecule has 27 heavy (non-hydrogen) atoms. The average Bonchev–Trinajstić information content (AvgIpc) is 2.65. The summed E-state index contributed by atoms with van der Waals surface area (Å²) in [5.41, 5.74) is 2.63. The van der Waals surface area contributed by atoms with Gasteiger partial charge < -0.3 is 14.8 Å². The summed E-state index contributed by atoms with van der Waals surface area (Å²) in [5, 5.41) is 15.2. The quantitative estimate of drug-likeness (QED) is 0.575. The number of rotatable bonds is 4. The topological polar surface area (TPSA) is 64.3 Å². The SMILES string of the molecule is C#CC(=C)Sc1cc(N(C)CC)ccc1C.C=O.CC(C)(C)CC#N.CO. The van der Waals surface area contributed by atoms with E-state index in [4.69, 9.17) is 21.6 Å². The van der Waals surface area contributed by atoms with Crippen molar-refractivity contribution in [2.24, 2.45) is 5.41 Å². The molecule has 5 heteroatoms. The smallest absolute Gasteiger partial charge is 0.106 e. The number of hydrogen-bond donors (Lipinski definition) is 1. The zero-order valence-electron chi connectivity index (χ0n) is 17.8. The van der Waals surface area contributed by atoms with Crippen LogP contribution in [0.25, 0.3) is 0 Å². The molecule has 0 aliphatic carbocycles. The molecule has 1 aromatic rings. The van der Waals surface area contributed by atoms with Gasteiger partial charge in [-0.1, -0.05) is 51.1 Å². The van der Waals surface area contributed by atoms with E-state index in [0.717, 1.165) is 18.6 Å². The van der Waals surface area contributed by atoms with Crippen molar-refractivity contribution in [2.45, 2.75) is 45.9 Å². The number of aliphatic hydroxyl groups excluding tert-OH is 1. The van der Waals surface area contributed by atoms with E-state index in [1.165, 1.54) is 16.1 Å². The van der Waals surface area contributed by atoms with Gasteiger partial charge in [0.2, 0.25) is 0 Å². The van der Waals surface area contributed by atoms with Crippen molar-refractivity contribution in [2.75, 3.05) is 25.6 Å². The van der Waals surface area contributed by atoms with Gasteiger partial charge in [0.1, 0.15) is 6.79 Å². The van der Waals surface area contributed by atoms with Gasteiger partial charge in [-0.15, -0.1) is 6.42 Å². The van der Waals surface area contributed by atoms with Crippen molar-refractivity contribution in [3.8, 4) is 18.4 Å². The minimum absolute atomic E-state index is 0.189. The van der Waals surface area contributed by atoms with E-state index in [1.54, 1.807) is 11.8 Å².